The molecule has 132 valence electrons. The van der Waals surface area contributed by atoms with Crippen LogP contribution in [0.3, 0.4) is 0 Å². The molecule has 1 atom stereocenters. The molecule has 5 nitrogen and oxygen atoms in total. The smallest absolute Gasteiger partial charge is 0.247 e. The zero-order chi connectivity index (χ0) is 16.6. The van der Waals surface area contributed by atoms with Gasteiger partial charge in [0.1, 0.15) is 16.4 Å². The van der Waals surface area contributed by atoms with E-state index in [0.29, 0.717) is 36.2 Å². The van der Waals surface area contributed by atoms with Crippen molar-refractivity contribution < 1.29 is 12.8 Å². The molecule has 0 spiro atoms. The van der Waals surface area contributed by atoms with Crippen molar-refractivity contribution in [3.63, 3.8) is 0 Å². The van der Waals surface area contributed by atoms with Crippen LogP contribution in [-0.2, 0) is 10.0 Å². The summed E-state index contributed by atoms with van der Waals surface area (Å²) in [5, 5.41) is 3.82. The number of nitrogens with one attached hydrogen (secondary N) is 1. The number of benzene rings is 1. The monoisotopic (exact) mass is 390 g/mol. The van der Waals surface area contributed by atoms with Crippen molar-refractivity contribution in [3.8, 4) is 0 Å². The Labute approximate surface area is 153 Å². The predicted molar refractivity (Wildman–Crippen MR) is 96.4 cm³/mol. The summed E-state index contributed by atoms with van der Waals surface area (Å²) in [5.41, 5.74) is 0.808. The molecule has 8 heteroatoms. The highest BCUT2D eigenvalue weighted by Crippen LogP contribution is 2.34. The molecule has 1 aliphatic rings. The fourth-order valence-electron chi connectivity index (χ4n) is 2.97. The van der Waals surface area contributed by atoms with Crippen LogP contribution in [-0.4, -0.2) is 32.4 Å². The minimum Gasteiger partial charge on any atom is -0.465 e. The van der Waals surface area contributed by atoms with Gasteiger partial charge in [0, 0.05) is 24.7 Å². The number of nitrogens with zero attached hydrogens (tertiary/aromatic N) is 1. The van der Waals surface area contributed by atoms with Gasteiger partial charge in [-0.3, -0.25) is 0 Å². The molecule has 0 bridgehead atoms. The predicted octanol–water partition coefficient (Wildman–Crippen LogP) is 3.31. The maximum absolute atomic E-state index is 13.1. The summed E-state index contributed by atoms with van der Waals surface area (Å²) in [4.78, 5) is 0.231. The third-order valence-electron chi connectivity index (χ3n) is 4.04. The topological polar surface area (TPSA) is 62.6 Å². The lowest BCUT2D eigenvalue weighted by molar-refractivity contribution is 0.271. The molecular formula is C16H20Cl2N2O3S. The van der Waals surface area contributed by atoms with Crippen LogP contribution in [0.25, 0.3) is 0 Å². The Balaban J connectivity index is 0.00000208. The van der Waals surface area contributed by atoms with Gasteiger partial charge in [-0.2, -0.15) is 4.31 Å². The average Bonchev–Trinajstić information content (AvgIpc) is 2.87. The lowest BCUT2D eigenvalue weighted by Crippen LogP contribution is -2.48. The second kappa shape index (κ2) is 7.45. The third kappa shape index (κ3) is 3.48. The van der Waals surface area contributed by atoms with E-state index in [0.717, 1.165) is 5.56 Å². The van der Waals surface area contributed by atoms with Gasteiger partial charge in [-0.1, -0.05) is 29.8 Å². The van der Waals surface area contributed by atoms with Gasteiger partial charge in [-0.15, -0.1) is 12.4 Å². The number of furan rings is 1. The summed E-state index contributed by atoms with van der Waals surface area (Å²) in [6, 6.07) is 8.60. The zero-order valence-electron chi connectivity index (χ0n) is 13.5. The Kier molecular flexibility index (Phi) is 5.99. The average molecular weight is 391 g/mol. The first-order valence-electron chi connectivity index (χ1n) is 7.45. The number of sulfonamides is 1. The van der Waals surface area contributed by atoms with Crippen LogP contribution in [0, 0.1) is 13.8 Å². The molecule has 1 N–H and O–H groups in total. The van der Waals surface area contributed by atoms with Crippen LogP contribution in [0.15, 0.2) is 39.6 Å². The molecular weight excluding hydrogens is 371 g/mol. The van der Waals surface area contributed by atoms with Crippen LogP contribution in [0.2, 0.25) is 5.02 Å². The van der Waals surface area contributed by atoms with Gasteiger partial charge in [-0.05, 0) is 31.5 Å². The van der Waals surface area contributed by atoms with Gasteiger partial charge in [0.05, 0.1) is 6.04 Å². The van der Waals surface area contributed by atoms with Crippen molar-refractivity contribution in [2.45, 2.75) is 24.8 Å². The van der Waals surface area contributed by atoms with Gasteiger partial charge in [-0.25, -0.2) is 8.42 Å². The van der Waals surface area contributed by atoms with Crippen molar-refractivity contribution in [1.82, 2.24) is 9.62 Å². The highest BCUT2D eigenvalue weighted by Gasteiger charge is 2.37. The summed E-state index contributed by atoms with van der Waals surface area (Å²) in [7, 11) is -3.65. The number of hydrogen-bond donors (Lipinski definition) is 1. The quantitative estimate of drug-likeness (QED) is 0.872. The molecule has 3 rings (SSSR count). The summed E-state index contributed by atoms with van der Waals surface area (Å²) in [6.07, 6.45) is 0. The summed E-state index contributed by atoms with van der Waals surface area (Å²) >= 11 is 6.29. The molecule has 2 heterocycles. The van der Waals surface area contributed by atoms with E-state index in [1.807, 2.05) is 18.2 Å². The Hall–Kier alpha value is -1.05. The molecule has 0 saturated carbocycles. The Bertz CT molecular complexity index is 820. The number of piperazine rings is 1. The first-order chi connectivity index (χ1) is 10.9. The molecule has 0 amide bonds. The molecule has 1 aliphatic heterocycles. The van der Waals surface area contributed by atoms with E-state index in [2.05, 4.69) is 5.32 Å². The van der Waals surface area contributed by atoms with E-state index in [1.165, 1.54) is 4.31 Å². The molecule has 1 unspecified atom stereocenters. The zero-order valence-corrected chi connectivity index (χ0v) is 15.8. The minimum absolute atomic E-state index is 0. The second-order valence-corrected chi connectivity index (χ2v) is 7.90. The Morgan fingerprint density at radius 2 is 2.00 bits per heavy atom. The Morgan fingerprint density at radius 1 is 1.29 bits per heavy atom. The van der Waals surface area contributed by atoms with Crippen molar-refractivity contribution in [3.05, 3.63) is 52.4 Å². The van der Waals surface area contributed by atoms with Crippen LogP contribution in [0.1, 0.15) is 23.1 Å². The minimum atomic E-state index is -3.65. The lowest BCUT2D eigenvalue weighted by atomic mass is 10.1. The van der Waals surface area contributed by atoms with Gasteiger partial charge < -0.3 is 9.73 Å². The summed E-state index contributed by atoms with van der Waals surface area (Å²) in [6.45, 7) is 4.94. The highest BCUT2D eigenvalue weighted by atomic mass is 35.5. The maximum atomic E-state index is 13.1. The highest BCUT2D eigenvalue weighted by molar-refractivity contribution is 7.89. The van der Waals surface area contributed by atoms with Gasteiger partial charge in [0.25, 0.3) is 0 Å². The fourth-order valence-corrected chi connectivity index (χ4v) is 5.06. The van der Waals surface area contributed by atoms with E-state index in [-0.39, 0.29) is 23.3 Å². The first kappa shape index (κ1) is 19.3. The van der Waals surface area contributed by atoms with Gasteiger partial charge in [0.15, 0.2) is 0 Å². The molecule has 0 aliphatic carbocycles. The van der Waals surface area contributed by atoms with E-state index in [4.69, 9.17) is 16.0 Å². The summed E-state index contributed by atoms with van der Waals surface area (Å²) in [5.74, 6) is 1.00. The van der Waals surface area contributed by atoms with E-state index in [9.17, 15) is 8.42 Å². The molecule has 2 aromatic rings. The SMILES string of the molecule is Cc1cc(S(=O)(=O)N2CCNCC2c2ccccc2Cl)c(C)o1.Cl. The standard InChI is InChI=1S/C16H19ClN2O3S.ClH/c1-11-9-16(12(2)22-11)23(20,21)19-8-7-18-10-15(19)13-5-3-4-6-14(13)17;/h3-6,9,15,18H,7-8,10H2,1-2H3;1H. The van der Waals surface area contributed by atoms with Crippen molar-refractivity contribution in [2.24, 2.45) is 0 Å². The van der Waals surface area contributed by atoms with Gasteiger partial charge in [0.2, 0.25) is 10.0 Å². The second-order valence-electron chi connectivity index (χ2n) is 5.63. The largest absolute Gasteiger partial charge is 0.465 e. The first-order valence-corrected chi connectivity index (χ1v) is 9.27. The molecule has 1 aromatic heterocycles. The molecule has 24 heavy (non-hydrogen) atoms. The molecule has 1 saturated heterocycles. The van der Waals surface area contributed by atoms with E-state index >= 15 is 0 Å². The maximum Gasteiger partial charge on any atom is 0.247 e. The normalized spacial score (nSPS) is 19.0. The Morgan fingerprint density at radius 3 is 2.62 bits per heavy atom. The fraction of sp³-hybridized carbons (Fsp3) is 0.375. The van der Waals surface area contributed by atoms with Crippen LogP contribution in [0.4, 0.5) is 0 Å². The molecule has 0 radical (unpaired) electrons. The van der Waals surface area contributed by atoms with Crippen molar-refractivity contribution >= 4 is 34.0 Å². The van der Waals surface area contributed by atoms with Crippen LogP contribution >= 0.6 is 24.0 Å². The van der Waals surface area contributed by atoms with E-state index in [1.54, 1.807) is 26.0 Å². The van der Waals surface area contributed by atoms with Crippen LogP contribution in [0.5, 0.6) is 0 Å². The van der Waals surface area contributed by atoms with Crippen molar-refractivity contribution in [2.75, 3.05) is 19.6 Å². The lowest BCUT2D eigenvalue weighted by Gasteiger charge is -2.35. The van der Waals surface area contributed by atoms with Gasteiger partial charge >= 0.3 is 0 Å². The van der Waals surface area contributed by atoms with Crippen LogP contribution < -0.4 is 5.32 Å². The number of hydrogen-bond acceptors (Lipinski definition) is 4. The summed E-state index contributed by atoms with van der Waals surface area (Å²) < 4.78 is 33.1. The molecule has 1 aromatic carbocycles. The van der Waals surface area contributed by atoms with Crippen molar-refractivity contribution in [1.29, 1.82) is 0 Å². The third-order valence-corrected chi connectivity index (χ3v) is 6.40. The number of rotatable bonds is 3. The molecule has 1 fully saturated rings. The number of aryl methyl sites for hydroxylation is 2. The van der Waals surface area contributed by atoms with E-state index < -0.39 is 10.0 Å². The number of halogens is 2.